The molecule has 0 bridgehead atoms. The van der Waals surface area contributed by atoms with Gasteiger partial charge >= 0.3 is 11.7 Å². The van der Waals surface area contributed by atoms with Crippen LogP contribution >= 0.6 is 0 Å². The molecule has 2 rings (SSSR count). The van der Waals surface area contributed by atoms with Crippen molar-refractivity contribution in [3.63, 3.8) is 0 Å². The van der Waals surface area contributed by atoms with Crippen LogP contribution in [0.25, 0.3) is 11.0 Å². The van der Waals surface area contributed by atoms with Crippen LogP contribution in [0, 0.1) is 12.3 Å². The quantitative estimate of drug-likeness (QED) is 0.833. The number of anilines is 1. The molecule has 2 aromatic rings. The predicted molar refractivity (Wildman–Crippen MR) is 83.7 cm³/mol. The van der Waals surface area contributed by atoms with Crippen LogP contribution in [0.2, 0.25) is 0 Å². The highest BCUT2D eigenvalue weighted by atomic mass is 16.4. The summed E-state index contributed by atoms with van der Waals surface area (Å²) in [5.41, 5.74) is 1.53. The molecule has 112 valence electrons. The van der Waals surface area contributed by atoms with E-state index in [1.165, 1.54) is 6.07 Å². The van der Waals surface area contributed by atoms with Crippen LogP contribution in [0.1, 0.15) is 26.3 Å². The zero-order valence-electron chi connectivity index (χ0n) is 12.7. The lowest BCUT2D eigenvalue weighted by molar-refractivity contribution is 0.247. The van der Waals surface area contributed by atoms with Gasteiger partial charge in [-0.05, 0) is 30.0 Å². The van der Waals surface area contributed by atoms with E-state index in [1.54, 1.807) is 12.1 Å². The second-order valence-electron chi connectivity index (χ2n) is 6.33. The normalized spacial score (nSPS) is 11.4. The lowest BCUT2D eigenvalue weighted by Gasteiger charge is -2.19. The first kappa shape index (κ1) is 15.1. The van der Waals surface area contributed by atoms with E-state index >= 15 is 0 Å². The minimum absolute atomic E-state index is 0.0185. The molecule has 0 atom stereocenters. The van der Waals surface area contributed by atoms with Gasteiger partial charge in [0.25, 0.3) is 0 Å². The Bertz CT molecular complexity index is 726. The summed E-state index contributed by atoms with van der Waals surface area (Å²) in [6, 6.07) is 6.43. The SMILES string of the molecule is Cc1cc(=O)oc2cc(NC(=O)NCC(C)(C)C)ccc12. The van der Waals surface area contributed by atoms with Gasteiger partial charge in [-0.3, -0.25) is 0 Å². The number of carbonyl (C=O) groups is 1. The summed E-state index contributed by atoms with van der Waals surface area (Å²) in [5, 5.41) is 6.39. The van der Waals surface area contributed by atoms with Gasteiger partial charge in [-0.25, -0.2) is 9.59 Å². The Kier molecular flexibility index (Phi) is 4.02. The summed E-state index contributed by atoms with van der Waals surface area (Å²) in [6.45, 7) is 8.55. The molecule has 0 saturated carbocycles. The zero-order chi connectivity index (χ0) is 15.6. The van der Waals surface area contributed by atoms with E-state index < -0.39 is 5.63 Å². The number of carbonyl (C=O) groups excluding carboxylic acids is 1. The summed E-state index contributed by atoms with van der Waals surface area (Å²) in [4.78, 5) is 23.2. The third-order valence-corrected chi connectivity index (χ3v) is 2.99. The van der Waals surface area contributed by atoms with Crippen molar-refractivity contribution in [3.05, 3.63) is 40.2 Å². The first-order chi connectivity index (χ1) is 9.74. The lowest BCUT2D eigenvalue weighted by Crippen LogP contribution is -2.35. The largest absolute Gasteiger partial charge is 0.423 e. The van der Waals surface area contributed by atoms with Gasteiger partial charge in [-0.2, -0.15) is 0 Å². The van der Waals surface area contributed by atoms with E-state index in [0.717, 1.165) is 10.9 Å². The van der Waals surface area contributed by atoms with Crippen LogP contribution in [0.15, 0.2) is 33.5 Å². The van der Waals surface area contributed by atoms with Crippen molar-refractivity contribution in [3.8, 4) is 0 Å². The van der Waals surface area contributed by atoms with Crippen molar-refractivity contribution in [2.24, 2.45) is 5.41 Å². The molecule has 1 aromatic carbocycles. The van der Waals surface area contributed by atoms with Gasteiger partial charge < -0.3 is 15.1 Å². The summed E-state index contributed by atoms with van der Waals surface area (Å²) >= 11 is 0. The predicted octanol–water partition coefficient (Wildman–Crippen LogP) is 3.27. The average molecular weight is 288 g/mol. The number of rotatable bonds is 2. The maximum absolute atomic E-state index is 11.8. The van der Waals surface area contributed by atoms with Crippen molar-refractivity contribution in [1.29, 1.82) is 0 Å². The highest BCUT2D eigenvalue weighted by Crippen LogP contribution is 2.20. The Morgan fingerprint density at radius 3 is 2.62 bits per heavy atom. The van der Waals surface area contributed by atoms with Crippen molar-refractivity contribution in [2.75, 3.05) is 11.9 Å². The highest BCUT2D eigenvalue weighted by Gasteiger charge is 2.12. The Balaban J connectivity index is 2.16. The molecule has 5 heteroatoms. The average Bonchev–Trinajstić information content (AvgIpc) is 2.35. The molecule has 0 aliphatic carbocycles. The minimum atomic E-state index is -0.394. The number of hydrogen-bond donors (Lipinski definition) is 2. The van der Waals surface area contributed by atoms with Gasteiger partial charge in [0.1, 0.15) is 5.58 Å². The Morgan fingerprint density at radius 2 is 1.95 bits per heavy atom. The molecule has 0 fully saturated rings. The van der Waals surface area contributed by atoms with E-state index in [0.29, 0.717) is 17.8 Å². The topological polar surface area (TPSA) is 71.3 Å². The van der Waals surface area contributed by atoms with E-state index in [1.807, 2.05) is 33.8 Å². The molecule has 0 radical (unpaired) electrons. The van der Waals surface area contributed by atoms with Gasteiger partial charge in [0, 0.05) is 29.8 Å². The van der Waals surface area contributed by atoms with E-state index in [2.05, 4.69) is 10.6 Å². The molecular weight excluding hydrogens is 268 g/mol. The molecule has 2 N–H and O–H groups in total. The number of urea groups is 1. The molecule has 0 aliphatic heterocycles. The molecular formula is C16H20N2O3. The van der Waals surface area contributed by atoms with Gasteiger partial charge in [0.15, 0.2) is 0 Å². The van der Waals surface area contributed by atoms with Crippen LogP contribution in [0.4, 0.5) is 10.5 Å². The van der Waals surface area contributed by atoms with Crippen molar-refractivity contribution in [1.82, 2.24) is 5.32 Å². The summed E-state index contributed by atoms with van der Waals surface area (Å²) in [7, 11) is 0. The molecule has 0 saturated heterocycles. The number of amides is 2. The fourth-order valence-corrected chi connectivity index (χ4v) is 1.92. The standard InChI is InChI=1S/C16H20N2O3/c1-10-7-14(19)21-13-8-11(5-6-12(10)13)18-15(20)17-9-16(2,3)4/h5-8H,9H2,1-4H3,(H2,17,18,20). The van der Waals surface area contributed by atoms with Gasteiger partial charge in [-0.15, -0.1) is 0 Å². The maximum Gasteiger partial charge on any atom is 0.336 e. The highest BCUT2D eigenvalue weighted by molar-refractivity contribution is 5.92. The number of aryl methyl sites for hydroxylation is 1. The Morgan fingerprint density at radius 1 is 1.24 bits per heavy atom. The molecule has 0 unspecified atom stereocenters. The molecule has 21 heavy (non-hydrogen) atoms. The Labute approximate surface area is 123 Å². The number of hydrogen-bond acceptors (Lipinski definition) is 3. The molecule has 1 aromatic heterocycles. The first-order valence-electron chi connectivity index (χ1n) is 6.84. The van der Waals surface area contributed by atoms with Crippen LogP contribution in [-0.4, -0.2) is 12.6 Å². The van der Waals surface area contributed by atoms with Crippen LogP contribution in [0.5, 0.6) is 0 Å². The van der Waals surface area contributed by atoms with Crippen LogP contribution < -0.4 is 16.3 Å². The zero-order valence-corrected chi connectivity index (χ0v) is 12.7. The van der Waals surface area contributed by atoms with Crippen LogP contribution in [0.3, 0.4) is 0 Å². The van der Waals surface area contributed by atoms with E-state index in [4.69, 9.17) is 4.42 Å². The molecule has 5 nitrogen and oxygen atoms in total. The van der Waals surface area contributed by atoms with Crippen LogP contribution in [-0.2, 0) is 0 Å². The van der Waals surface area contributed by atoms with E-state index in [9.17, 15) is 9.59 Å². The summed E-state index contributed by atoms with van der Waals surface area (Å²) in [6.07, 6.45) is 0. The number of nitrogens with one attached hydrogen (secondary N) is 2. The number of benzene rings is 1. The molecule has 0 aliphatic rings. The minimum Gasteiger partial charge on any atom is -0.423 e. The third kappa shape index (κ3) is 4.08. The molecule has 1 heterocycles. The fraction of sp³-hybridized carbons (Fsp3) is 0.375. The van der Waals surface area contributed by atoms with Gasteiger partial charge in [0.2, 0.25) is 0 Å². The maximum atomic E-state index is 11.8. The summed E-state index contributed by atoms with van der Waals surface area (Å²) in [5.74, 6) is 0. The van der Waals surface area contributed by atoms with Gasteiger partial charge in [0.05, 0.1) is 0 Å². The number of fused-ring (bicyclic) bond motifs is 1. The van der Waals surface area contributed by atoms with E-state index in [-0.39, 0.29) is 11.4 Å². The van der Waals surface area contributed by atoms with Crippen molar-refractivity contribution in [2.45, 2.75) is 27.7 Å². The van der Waals surface area contributed by atoms with Gasteiger partial charge in [-0.1, -0.05) is 20.8 Å². The lowest BCUT2D eigenvalue weighted by atomic mass is 9.97. The first-order valence-corrected chi connectivity index (χ1v) is 6.84. The van der Waals surface area contributed by atoms with Crippen molar-refractivity contribution >= 4 is 22.7 Å². The second-order valence-corrected chi connectivity index (χ2v) is 6.33. The third-order valence-electron chi connectivity index (χ3n) is 2.99. The molecule has 0 spiro atoms. The smallest absolute Gasteiger partial charge is 0.336 e. The second kappa shape index (κ2) is 5.60. The Hall–Kier alpha value is -2.30. The van der Waals surface area contributed by atoms with Crippen molar-refractivity contribution < 1.29 is 9.21 Å². The molecule has 2 amide bonds. The monoisotopic (exact) mass is 288 g/mol. The fourth-order valence-electron chi connectivity index (χ4n) is 1.92. The summed E-state index contributed by atoms with van der Waals surface area (Å²) < 4.78 is 5.15.